The summed E-state index contributed by atoms with van der Waals surface area (Å²) in [6, 6.07) is 2.12. The molecule has 5 nitrogen and oxygen atoms in total. The minimum atomic E-state index is -4.60. The maximum Gasteiger partial charge on any atom is 0.419 e. The third kappa shape index (κ3) is 2.79. The van der Waals surface area contributed by atoms with Crippen LogP contribution >= 0.6 is 0 Å². The van der Waals surface area contributed by atoms with Crippen molar-refractivity contribution in [1.29, 1.82) is 0 Å². The molecule has 0 fully saturated rings. The first-order valence-electron chi connectivity index (χ1n) is 6.76. The molecule has 0 radical (unpaired) electrons. The summed E-state index contributed by atoms with van der Waals surface area (Å²) in [6.07, 6.45) is 4.01. The van der Waals surface area contributed by atoms with Crippen molar-refractivity contribution in [2.24, 2.45) is 0 Å². The van der Waals surface area contributed by atoms with E-state index in [-0.39, 0.29) is 17.9 Å². The molecule has 0 saturated carbocycles. The van der Waals surface area contributed by atoms with Crippen molar-refractivity contribution < 1.29 is 23.1 Å². The number of imidazole rings is 1. The molecule has 0 bridgehead atoms. The van der Waals surface area contributed by atoms with Crippen LogP contribution in [0.5, 0.6) is 0 Å². The van der Waals surface area contributed by atoms with Gasteiger partial charge in [-0.15, -0.1) is 0 Å². The first kappa shape index (κ1) is 15.1. The van der Waals surface area contributed by atoms with Gasteiger partial charge in [0.1, 0.15) is 5.65 Å². The van der Waals surface area contributed by atoms with Gasteiger partial charge >= 0.3 is 12.1 Å². The summed E-state index contributed by atoms with van der Waals surface area (Å²) in [5.41, 5.74) is -1.52. The molecule has 0 spiro atoms. The predicted octanol–water partition coefficient (Wildman–Crippen LogP) is 2.94. The van der Waals surface area contributed by atoms with Crippen LogP contribution in [0.25, 0.3) is 5.65 Å². The van der Waals surface area contributed by atoms with Crippen LogP contribution in [0.15, 0.2) is 42.8 Å². The van der Waals surface area contributed by atoms with Crippen molar-refractivity contribution >= 4 is 11.6 Å². The van der Waals surface area contributed by atoms with Gasteiger partial charge in [-0.2, -0.15) is 13.2 Å². The molecule has 0 aliphatic carbocycles. The fraction of sp³-hybridized carbons (Fsp3) is 0.200. The number of carbonyl (C=O) groups is 1. The predicted molar refractivity (Wildman–Crippen MR) is 75.8 cm³/mol. The number of halogens is 3. The molecule has 23 heavy (non-hydrogen) atoms. The first-order valence-corrected chi connectivity index (χ1v) is 6.76. The number of hydrogen-bond donors (Lipinski definition) is 1. The summed E-state index contributed by atoms with van der Waals surface area (Å²) in [4.78, 5) is 16.9. The maximum atomic E-state index is 13.1. The Morgan fingerprint density at radius 2 is 2.13 bits per heavy atom. The minimum Gasteiger partial charge on any atom is -0.476 e. The van der Waals surface area contributed by atoms with Gasteiger partial charge in [0.15, 0.2) is 5.69 Å². The number of allylic oxidation sites excluding steroid dienone is 2. The highest BCUT2D eigenvalue weighted by Crippen LogP contribution is 2.33. The SMILES string of the molecule is O=C(O)c1nc2c(C(F)(F)F)cccn2c1CN1C=CC=CC1. The van der Waals surface area contributed by atoms with Gasteiger partial charge in [0.2, 0.25) is 0 Å². The van der Waals surface area contributed by atoms with Crippen molar-refractivity contribution in [2.75, 3.05) is 6.54 Å². The fourth-order valence-corrected chi connectivity index (χ4v) is 2.48. The smallest absolute Gasteiger partial charge is 0.419 e. The number of alkyl halides is 3. The van der Waals surface area contributed by atoms with Crippen molar-refractivity contribution in [3.05, 3.63) is 59.7 Å². The quantitative estimate of drug-likeness (QED) is 0.943. The summed E-state index contributed by atoms with van der Waals surface area (Å²) in [5, 5.41) is 9.28. The van der Waals surface area contributed by atoms with Crippen LogP contribution in [0.2, 0.25) is 0 Å². The number of aromatic carboxylic acids is 1. The molecule has 3 heterocycles. The third-order valence-electron chi connectivity index (χ3n) is 3.49. The lowest BCUT2D eigenvalue weighted by Crippen LogP contribution is -2.21. The molecule has 0 amide bonds. The van der Waals surface area contributed by atoms with E-state index in [9.17, 15) is 23.1 Å². The van der Waals surface area contributed by atoms with Crippen LogP contribution in [0.1, 0.15) is 21.7 Å². The van der Waals surface area contributed by atoms with Gasteiger partial charge in [-0.05, 0) is 24.4 Å². The van der Waals surface area contributed by atoms with Crippen molar-refractivity contribution in [3.63, 3.8) is 0 Å². The highest BCUT2D eigenvalue weighted by Gasteiger charge is 2.35. The van der Waals surface area contributed by atoms with E-state index in [2.05, 4.69) is 4.98 Å². The fourth-order valence-electron chi connectivity index (χ4n) is 2.48. The Bertz CT molecular complexity index is 821. The summed E-state index contributed by atoms with van der Waals surface area (Å²) >= 11 is 0. The Hall–Kier alpha value is -2.77. The number of fused-ring (bicyclic) bond motifs is 1. The van der Waals surface area contributed by atoms with E-state index in [1.54, 1.807) is 17.2 Å². The number of carboxylic acids is 1. The normalized spacial score (nSPS) is 14.7. The highest BCUT2D eigenvalue weighted by atomic mass is 19.4. The van der Waals surface area contributed by atoms with E-state index in [1.165, 1.54) is 16.7 Å². The van der Waals surface area contributed by atoms with Crippen molar-refractivity contribution in [2.45, 2.75) is 12.7 Å². The average molecular weight is 323 g/mol. The van der Waals surface area contributed by atoms with Gasteiger partial charge in [-0.3, -0.25) is 0 Å². The zero-order chi connectivity index (χ0) is 16.6. The molecule has 0 atom stereocenters. The molecule has 1 aliphatic heterocycles. The topological polar surface area (TPSA) is 57.8 Å². The molecule has 2 aromatic heterocycles. The Morgan fingerprint density at radius 3 is 2.74 bits per heavy atom. The number of carboxylic acid groups (broad SMARTS) is 1. The molecular formula is C15H12F3N3O2. The lowest BCUT2D eigenvalue weighted by molar-refractivity contribution is -0.136. The van der Waals surface area contributed by atoms with Crippen molar-refractivity contribution in [1.82, 2.24) is 14.3 Å². The van der Waals surface area contributed by atoms with E-state index < -0.39 is 23.4 Å². The summed E-state index contributed by atoms with van der Waals surface area (Å²) in [5.74, 6) is -1.35. The lowest BCUT2D eigenvalue weighted by Gasteiger charge is -2.20. The molecule has 1 N–H and O–H groups in total. The third-order valence-corrected chi connectivity index (χ3v) is 3.49. The largest absolute Gasteiger partial charge is 0.476 e. The molecule has 2 aromatic rings. The monoisotopic (exact) mass is 323 g/mol. The Balaban J connectivity index is 2.15. The van der Waals surface area contributed by atoms with E-state index in [4.69, 9.17) is 0 Å². The second-order valence-electron chi connectivity index (χ2n) is 5.02. The van der Waals surface area contributed by atoms with E-state index >= 15 is 0 Å². The number of pyridine rings is 1. The molecule has 0 unspecified atom stereocenters. The number of nitrogens with zero attached hydrogens (tertiary/aromatic N) is 3. The molecule has 0 aromatic carbocycles. The average Bonchev–Trinajstić information content (AvgIpc) is 2.86. The summed E-state index contributed by atoms with van der Waals surface area (Å²) in [6.45, 7) is 0.687. The van der Waals surface area contributed by atoms with Gasteiger partial charge < -0.3 is 14.4 Å². The van der Waals surface area contributed by atoms with Gasteiger partial charge in [0.05, 0.1) is 17.8 Å². The maximum absolute atomic E-state index is 13.1. The van der Waals surface area contributed by atoms with Crippen LogP contribution in [0.4, 0.5) is 13.2 Å². The van der Waals surface area contributed by atoms with Crippen LogP contribution in [0.3, 0.4) is 0 Å². The summed E-state index contributed by atoms with van der Waals surface area (Å²) in [7, 11) is 0. The Labute approximate surface area is 129 Å². The molecule has 8 heteroatoms. The second kappa shape index (κ2) is 5.45. The second-order valence-corrected chi connectivity index (χ2v) is 5.02. The lowest BCUT2D eigenvalue weighted by atomic mass is 10.2. The van der Waals surface area contributed by atoms with Crippen LogP contribution in [-0.4, -0.2) is 31.9 Å². The highest BCUT2D eigenvalue weighted by molar-refractivity contribution is 5.88. The zero-order valence-corrected chi connectivity index (χ0v) is 11.8. The molecular weight excluding hydrogens is 311 g/mol. The summed E-state index contributed by atoms with van der Waals surface area (Å²) < 4.78 is 40.5. The number of rotatable bonds is 3. The molecule has 0 saturated heterocycles. The van der Waals surface area contributed by atoms with Gasteiger partial charge in [0.25, 0.3) is 0 Å². The van der Waals surface area contributed by atoms with Gasteiger partial charge in [-0.25, -0.2) is 9.78 Å². The van der Waals surface area contributed by atoms with Crippen molar-refractivity contribution in [3.8, 4) is 0 Å². The van der Waals surface area contributed by atoms with Crippen LogP contribution in [-0.2, 0) is 12.7 Å². The van der Waals surface area contributed by atoms with Crippen LogP contribution < -0.4 is 0 Å². The molecule has 1 aliphatic rings. The number of aromatic nitrogens is 2. The Morgan fingerprint density at radius 1 is 1.35 bits per heavy atom. The van der Waals surface area contributed by atoms with E-state index in [0.717, 1.165) is 6.07 Å². The van der Waals surface area contributed by atoms with Crippen LogP contribution in [0, 0.1) is 0 Å². The van der Waals surface area contributed by atoms with Gasteiger partial charge in [0, 0.05) is 12.7 Å². The first-order chi connectivity index (χ1) is 10.9. The molecule has 3 rings (SSSR count). The van der Waals surface area contributed by atoms with E-state index in [1.807, 2.05) is 12.2 Å². The standard InChI is InChI=1S/C15H12F3N3O2/c16-15(17,18)10-5-4-8-21-11(9-20-6-2-1-3-7-20)12(14(22)23)19-13(10)21/h1-6,8H,7,9H2,(H,22,23). The van der Waals surface area contributed by atoms with E-state index in [0.29, 0.717) is 6.54 Å². The number of hydrogen-bond acceptors (Lipinski definition) is 3. The molecule has 120 valence electrons. The van der Waals surface area contributed by atoms with Gasteiger partial charge in [-0.1, -0.05) is 12.2 Å². The zero-order valence-electron chi connectivity index (χ0n) is 11.8. The minimum absolute atomic E-state index is 0.144. The Kier molecular flexibility index (Phi) is 3.59.